The number of rotatable bonds is 8. The van der Waals surface area contributed by atoms with Crippen LogP contribution in [0, 0.1) is 5.82 Å². The number of halogens is 1. The molecule has 1 saturated heterocycles. The Morgan fingerprint density at radius 3 is 2.30 bits per heavy atom. The molecule has 0 spiro atoms. The van der Waals surface area contributed by atoms with Crippen molar-refractivity contribution in [1.82, 2.24) is 10.2 Å². The summed E-state index contributed by atoms with van der Waals surface area (Å²) in [5.74, 6) is -0.889. The van der Waals surface area contributed by atoms with E-state index in [1.165, 1.54) is 44.0 Å². The highest BCUT2D eigenvalue weighted by atomic mass is 32.2. The summed E-state index contributed by atoms with van der Waals surface area (Å²) in [6.45, 7) is 4.84. The second-order valence-electron chi connectivity index (χ2n) is 7.68. The van der Waals surface area contributed by atoms with Crippen LogP contribution in [0.4, 0.5) is 10.1 Å². The largest absolute Gasteiger partial charge is 0.350 e. The number of nitrogens with one attached hydrogen (secondary N) is 1. The van der Waals surface area contributed by atoms with Crippen LogP contribution in [-0.4, -0.2) is 44.6 Å². The van der Waals surface area contributed by atoms with Gasteiger partial charge < -0.3 is 5.32 Å². The molecule has 0 saturated carbocycles. The van der Waals surface area contributed by atoms with Crippen LogP contribution in [-0.2, 0) is 27.9 Å². The lowest BCUT2D eigenvalue weighted by Crippen LogP contribution is -2.47. The number of hydrogen-bond donors (Lipinski definition) is 1. The number of sulfonamides is 1. The van der Waals surface area contributed by atoms with Gasteiger partial charge in [0.05, 0.1) is 11.9 Å². The number of carbonyl (C=O) groups is 1. The van der Waals surface area contributed by atoms with E-state index >= 15 is 0 Å². The Morgan fingerprint density at radius 2 is 1.70 bits per heavy atom. The molecule has 1 aliphatic heterocycles. The van der Waals surface area contributed by atoms with Gasteiger partial charge in [-0.05, 0) is 68.2 Å². The van der Waals surface area contributed by atoms with Gasteiger partial charge in [0.1, 0.15) is 11.9 Å². The zero-order chi connectivity index (χ0) is 21.7. The highest BCUT2D eigenvalue weighted by molar-refractivity contribution is 7.92. The van der Waals surface area contributed by atoms with Crippen molar-refractivity contribution in [3.8, 4) is 0 Å². The van der Waals surface area contributed by atoms with Crippen molar-refractivity contribution in [3.05, 3.63) is 65.5 Å². The molecule has 2 aromatic rings. The highest BCUT2D eigenvalue weighted by Crippen LogP contribution is 2.21. The molecule has 1 fully saturated rings. The molecule has 1 aliphatic rings. The zero-order valence-electron chi connectivity index (χ0n) is 17.3. The van der Waals surface area contributed by atoms with Crippen molar-refractivity contribution in [3.63, 3.8) is 0 Å². The van der Waals surface area contributed by atoms with E-state index < -0.39 is 27.8 Å². The molecule has 1 atom stereocenters. The fourth-order valence-electron chi connectivity index (χ4n) is 3.79. The molecule has 1 amide bonds. The van der Waals surface area contributed by atoms with Crippen molar-refractivity contribution in [2.45, 2.75) is 38.9 Å². The molecule has 0 unspecified atom stereocenters. The van der Waals surface area contributed by atoms with E-state index in [9.17, 15) is 17.6 Å². The fraction of sp³-hybridized carbons (Fsp3) is 0.409. The number of hydrogen-bond acceptors (Lipinski definition) is 4. The lowest BCUT2D eigenvalue weighted by molar-refractivity contribution is -0.122. The van der Waals surface area contributed by atoms with Crippen LogP contribution in [0.25, 0.3) is 0 Å². The first-order valence-electron chi connectivity index (χ1n) is 10.1. The molecule has 0 aliphatic carbocycles. The summed E-state index contributed by atoms with van der Waals surface area (Å²) in [6.07, 6.45) is 3.45. The maximum Gasteiger partial charge on any atom is 0.243 e. The van der Waals surface area contributed by atoms with Crippen LogP contribution >= 0.6 is 0 Å². The van der Waals surface area contributed by atoms with Crippen molar-refractivity contribution in [2.75, 3.05) is 23.7 Å². The minimum absolute atomic E-state index is 0.246. The van der Waals surface area contributed by atoms with Crippen molar-refractivity contribution in [2.24, 2.45) is 0 Å². The Hall–Kier alpha value is -2.45. The summed E-state index contributed by atoms with van der Waals surface area (Å²) in [5, 5.41) is 2.86. The first-order chi connectivity index (χ1) is 14.3. The molecule has 6 nitrogen and oxygen atoms in total. The third kappa shape index (κ3) is 5.58. The maximum absolute atomic E-state index is 13.2. The minimum atomic E-state index is -3.74. The Balaban J connectivity index is 1.71. The van der Waals surface area contributed by atoms with E-state index in [0.717, 1.165) is 41.3 Å². The molecular weight excluding hydrogens is 405 g/mol. The average Bonchev–Trinajstić information content (AvgIpc) is 3.21. The zero-order valence-corrected chi connectivity index (χ0v) is 18.2. The molecule has 30 heavy (non-hydrogen) atoms. The Morgan fingerprint density at radius 1 is 1.10 bits per heavy atom. The van der Waals surface area contributed by atoms with Crippen LogP contribution in [0.15, 0.2) is 48.5 Å². The molecule has 1 N–H and O–H groups in total. The van der Waals surface area contributed by atoms with Gasteiger partial charge in [-0.25, -0.2) is 12.8 Å². The normalized spacial score (nSPS) is 15.7. The van der Waals surface area contributed by atoms with E-state index in [4.69, 9.17) is 0 Å². The summed E-state index contributed by atoms with van der Waals surface area (Å²) in [4.78, 5) is 15.2. The monoisotopic (exact) mass is 433 g/mol. The van der Waals surface area contributed by atoms with Gasteiger partial charge in [-0.15, -0.1) is 0 Å². The standard InChI is InChI=1S/C22H28FN3O3S/c1-17(26(30(2,28)29)21-11-9-20(23)10-12-21)22(27)24-15-18-7-3-4-8-19(18)16-25-13-5-6-14-25/h3-4,7-12,17H,5-6,13-16H2,1-2H3,(H,24,27)/t17-/m1/s1. The van der Waals surface area contributed by atoms with Gasteiger partial charge in [0, 0.05) is 13.1 Å². The lowest BCUT2D eigenvalue weighted by atomic mass is 10.1. The van der Waals surface area contributed by atoms with E-state index in [1.807, 2.05) is 18.2 Å². The number of carbonyl (C=O) groups excluding carboxylic acids is 1. The SMILES string of the molecule is C[C@H](C(=O)NCc1ccccc1CN1CCCC1)N(c1ccc(F)cc1)S(C)(=O)=O. The average molecular weight is 434 g/mol. The van der Waals surface area contributed by atoms with Gasteiger partial charge in [-0.1, -0.05) is 24.3 Å². The summed E-state index contributed by atoms with van der Waals surface area (Å²) in [5.41, 5.74) is 2.42. The second-order valence-corrected chi connectivity index (χ2v) is 9.54. The number of likely N-dealkylation sites (tertiary alicyclic amines) is 1. The molecule has 0 bridgehead atoms. The van der Waals surface area contributed by atoms with E-state index in [0.29, 0.717) is 6.54 Å². The lowest BCUT2D eigenvalue weighted by Gasteiger charge is -2.28. The number of anilines is 1. The third-order valence-electron chi connectivity index (χ3n) is 5.33. The predicted octanol–water partition coefficient (Wildman–Crippen LogP) is 2.89. The molecule has 0 radical (unpaired) electrons. The third-order valence-corrected chi connectivity index (χ3v) is 6.58. The molecule has 162 valence electrons. The van der Waals surface area contributed by atoms with E-state index in [1.54, 1.807) is 0 Å². The minimum Gasteiger partial charge on any atom is -0.350 e. The number of benzene rings is 2. The summed E-state index contributed by atoms with van der Waals surface area (Å²) < 4.78 is 38.9. The molecule has 1 heterocycles. The molecule has 3 rings (SSSR count). The predicted molar refractivity (Wildman–Crippen MR) is 116 cm³/mol. The van der Waals surface area contributed by atoms with Crippen molar-refractivity contribution < 1.29 is 17.6 Å². The van der Waals surface area contributed by atoms with Crippen molar-refractivity contribution in [1.29, 1.82) is 0 Å². The topological polar surface area (TPSA) is 69.7 Å². The number of nitrogens with zero attached hydrogens (tertiary/aromatic N) is 2. The van der Waals surface area contributed by atoms with Gasteiger partial charge in [-0.3, -0.25) is 14.0 Å². The van der Waals surface area contributed by atoms with Gasteiger partial charge in [-0.2, -0.15) is 0 Å². The summed E-state index contributed by atoms with van der Waals surface area (Å²) in [7, 11) is -3.74. The van der Waals surface area contributed by atoms with Crippen LogP contribution in [0.1, 0.15) is 30.9 Å². The maximum atomic E-state index is 13.2. The van der Waals surface area contributed by atoms with Crippen LogP contribution in [0.5, 0.6) is 0 Å². The highest BCUT2D eigenvalue weighted by Gasteiger charge is 2.29. The Bertz CT molecular complexity index is 973. The fourth-order valence-corrected chi connectivity index (χ4v) is 4.97. The quantitative estimate of drug-likeness (QED) is 0.695. The second kappa shape index (κ2) is 9.57. The molecule has 8 heteroatoms. The van der Waals surface area contributed by atoms with Crippen LogP contribution in [0.3, 0.4) is 0 Å². The molecule has 0 aromatic heterocycles. The summed E-state index contributed by atoms with van der Waals surface area (Å²) >= 11 is 0. The molecule has 2 aromatic carbocycles. The van der Waals surface area contributed by atoms with Crippen LogP contribution < -0.4 is 9.62 Å². The smallest absolute Gasteiger partial charge is 0.243 e. The summed E-state index contributed by atoms with van der Waals surface area (Å²) in [6, 6.07) is 12.0. The van der Waals surface area contributed by atoms with E-state index in [-0.39, 0.29) is 5.69 Å². The van der Waals surface area contributed by atoms with E-state index in [2.05, 4.69) is 16.3 Å². The first-order valence-corrected chi connectivity index (χ1v) is 11.9. The Labute approximate surface area is 177 Å². The molecular formula is C22H28FN3O3S. The van der Waals surface area contributed by atoms with Gasteiger partial charge in [0.2, 0.25) is 15.9 Å². The van der Waals surface area contributed by atoms with Crippen LogP contribution in [0.2, 0.25) is 0 Å². The van der Waals surface area contributed by atoms with Gasteiger partial charge >= 0.3 is 0 Å². The van der Waals surface area contributed by atoms with Crippen molar-refractivity contribution >= 4 is 21.6 Å². The van der Waals surface area contributed by atoms with Gasteiger partial charge in [0.15, 0.2) is 0 Å². The Kier molecular flexibility index (Phi) is 7.10. The van der Waals surface area contributed by atoms with Gasteiger partial charge in [0.25, 0.3) is 0 Å². The number of amides is 1. The first kappa shape index (κ1) is 22.2.